The minimum Gasteiger partial charge on any atom is -0.494 e. The summed E-state index contributed by atoms with van der Waals surface area (Å²) in [4.78, 5) is 30.4. The maximum atomic E-state index is 13.4. The summed E-state index contributed by atoms with van der Waals surface area (Å²) in [6.45, 7) is 4.93. The third-order valence-corrected chi connectivity index (χ3v) is 6.44. The van der Waals surface area contributed by atoms with Crippen molar-refractivity contribution in [2.75, 3.05) is 37.7 Å². The second-order valence-corrected chi connectivity index (χ2v) is 8.75. The van der Waals surface area contributed by atoms with Crippen molar-refractivity contribution < 1.29 is 14.3 Å². The Balaban J connectivity index is 1.24. The number of nitrogens with zero attached hydrogens (tertiary/aromatic N) is 4. The van der Waals surface area contributed by atoms with Crippen molar-refractivity contribution in [3.63, 3.8) is 0 Å². The van der Waals surface area contributed by atoms with Crippen LogP contribution in [0.5, 0.6) is 5.75 Å². The highest BCUT2D eigenvalue weighted by Gasteiger charge is 2.26. The molecule has 0 atom stereocenters. The summed E-state index contributed by atoms with van der Waals surface area (Å²) in [5.74, 6) is 1.33. The summed E-state index contributed by atoms with van der Waals surface area (Å²) in [5, 5.41) is 8.84. The third-order valence-electron chi connectivity index (χ3n) is 6.44. The number of ketones is 1. The fourth-order valence-electron chi connectivity index (χ4n) is 4.46. The van der Waals surface area contributed by atoms with Gasteiger partial charge in [-0.3, -0.25) is 9.59 Å². The molecule has 0 bridgehead atoms. The first-order valence-corrected chi connectivity index (χ1v) is 12.4. The van der Waals surface area contributed by atoms with Gasteiger partial charge in [-0.05, 0) is 49.4 Å². The lowest BCUT2D eigenvalue weighted by Gasteiger charge is -2.35. The Morgan fingerprint density at radius 2 is 1.43 bits per heavy atom. The van der Waals surface area contributed by atoms with Crippen LogP contribution in [0.15, 0.2) is 91.0 Å². The van der Waals surface area contributed by atoms with Gasteiger partial charge in [0.2, 0.25) is 0 Å². The maximum absolute atomic E-state index is 13.4. The standard InChI is InChI=1S/C30H28N4O3/c1-2-37-24-14-12-22(13-15-24)27-16-17-28(32-31-27)33-18-20-34(21-19-33)30(36)26-11-7-6-10-25(26)29(35)23-8-4-3-5-9-23/h3-17H,2,18-21H2,1H3. The Hall–Kier alpha value is -4.52. The van der Waals surface area contributed by atoms with Gasteiger partial charge in [-0.25, -0.2) is 0 Å². The minimum absolute atomic E-state index is 0.128. The highest BCUT2D eigenvalue weighted by molar-refractivity contribution is 6.15. The van der Waals surface area contributed by atoms with Crippen LogP contribution in [-0.4, -0.2) is 59.6 Å². The number of aromatic nitrogens is 2. The van der Waals surface area contributed by atoms with Crippen LogP contribution >= 0.6 is 0 Å². The Labute approximate surface area is 216 Å². The molecule has 1 saturated heterocycles. The van der Waals surface area contributed by atoms with E-state index < -0.39 is 0 Å². The van der Waals surface area contributed by atoms with Crippen LogP contribution in [0.1, 0.15) is 33.2 Å². The molecule has 0 radical (unpaired) electrons. The van der Waals surface area contributed by atoms with E-state index >= 15 is 0 Å². The SMILES string of the molecule is CCOc1ccc(-c2ccc(N3CCN(C(=O)c4ccccc4C(=O)c4ccccc4)CC3)nn2)cc1. The van der Waals surface area contributed by atoms with Gasteiger partial charge in [0.15, 0.2) is 11.6 Å². The van der Waals surface area contributed by atoms with Crippen LogP contribution < -0.4 is 9.64 Å². The van der Waals surface area contributed by atoms with Crippen molar-refractivity contribution in [2.24, 2.45) is 0 Å². The summed E-state index contributed by atoms with van der Waals surface area (Å²) < 4.78 is 5.50. The minimum atomic E-state index is -0.147. The molecule has 7 nitrogen and oxygen atoms in total. The Morgan fingerprint density at radius 3 is 2.08 bits per heavy atom. The predicted molar refractivity (Wildman–Crippen MR) is 143 cm³/mol. The summed E-state index contributed by atoms with van der Waals surface area (Å²) in [6.07, 6.45) is 0. The second kappa shape index (κ2) is 11.0. The van der Waals surface area contributed by atoms with Crippen molar-refractivity contribution in [1.82, 2.24) is 15.1 Å². The summed E-state index contributed by atoms with van der Waals surface area (Å²) in [6, 6.07) is 27.8. The Morgan fingerprint density at radius 1 is 0.757 bits per heavy atom. The Bertz CT molecular complexity index is 1360. The molecule has 1 amide bonds. The molecule has 1 aliphatic heterocycles. The van der Waals surface area contributed by atoms with Gasteiger partial charge in [0.05, 0.1) is 17.9 Å². The number of rotatable bonds is 7. The number of anilines is 1. The van der Waals surface area contributed by atoms with E-state index in [-0.39, 0.29) is 11.7 Å². The van der Waals surface area contributed by atoms with Crippen LogP contribution in [0.2, 0.25) is 0 Å². The van der Waals surface area contributed by atoms with Gasteiger partial charge in [-0.2, -0.15) is 0 Å². The van der Waals surface area contributed by atoms with Gasteiger partial charge in [-0.1, -0.05) is 48.5 Å². The molecule has 0 saturated carbocycles. The monoisotopic (exact) mass is 492 g/mol. The zero-order chi connectivity index (χ0) is 25.6. The largest absolute Gasteiger partial charge is 0.494 e. The van der Waals surface area contributed by atoms with Crippen LogP contribution in [0.3, 0.4) is 0 Å². The van der Waals surface area contributed by atoms with E-state index in [1.165, 1.54) is 0 Å². The van der Waals surface area contributed by atoms with E-state index in [4.69, 9.17) is 4.74 Å². The molecule has 3 aromatic carbocycles. The van der Waals surface area contributed by atoms with E-state index in [9.17, 15) is 9.59 Å². The highest BCUT2D eigenvalue weighted by Crippen LogP contribution is 2.23. The fraction of sp³-hybridized carbons (Fsp3) is 0.200. The smallest absolute Gasteiger partial charge is 0.254 e. The maximum Gasteiger partial charge on any atom is 0.254 e. The van der Waals surface area contributed by atoms with Gasteiger partial charge in [0.25, 0.3) is 5.91 Å². The van der Waals surface area contributed by atoms with Crippen molar-refractivity contribution >= 4 is 17.5 Å². The molecule has 1 aromatic heterocycles. The molecule has 5 rings (SSSR count). The van der Waals surface area contributed by atoms with E-state index in [0.717, 1.165) is 22.8 Å². The number of piperazine rings is 1. The van der Waals surface area contributed by atoms with Crippen molar-refractivity contribution in [3.8, 4) is 17.0 Å². The highest BCUT2D eigenvalue weighted by atomic mass is 16.5. The molecule has 2 heterocycles. The Kier molecular flexibility index (Phi) is 7.21. The molecule has 1 aliphatic rings. The van der Waals surface area contributed by atoms with E-state index in [2.05, 4.69) is 15.1 Å². The fourth-order valence-corrected chi connectivity index (χ4v) is 4.46. The van der Waals surface area contributed by atoms with Gasteiger partial charge in [-0.15, -0.1) is 10.2 Å². The summed E-state index contributed by atoms with van der Waals surface area (Å²) >= 11 is 0. The number of amides is 1. The number of carbonyl (C=O) groups excluding carboxylic acids is 2. The van der Waals surface area contributed by atoms with Crippen molar-refractivity contribution in [1.29, 1.82) is 0 Å². The zero-order valence-corrected chi connectivity index (χ0v) is 20.7. The second-order valence-electron chi connectivity index (χ2n) is 8.75. The lowest BCUT2D eigenvalue weighted by Crippen LogP contribution is -2.49. The third kappa shape index (κ3) is 5.35. The average Bonchev–Trinajstić information content (AvgIpc) is 2.98. The predicted octanol–water partition coefficient (Wildman–Crippen LogP) is 4.74. The molecule has 0 aliphatic carbocycles. The van der Waals surface area contributed by atoms with E-state index in [1.807, 2.05) is 61.5 Å². The molecule has 1 fully saturated rings. The van der Waals surface area contributed by atoms with Gasteiger partial charge in [0, 0.05) is 42.9 Å². The average molecular weight is 493 g/mol. The first kappa shape index (κ1) is 24.2. The van der Waals surface area contributed by atoms with Crippen molar-refractivity contribution in [3.05, 3.63) is 108 Å². The summed E-state index contributed by atoms with van der Waals surface area (Å²) in [5.41, 5.74) is 3.20. The zero-order valence-electron chi connectivity index (χ0n) is 20.7. The molecular weight excluding hydrogens is 464 g/mol. The first-order chi connectivity index (χ1) is 18.1. The topological polar surface area (TPSA) is 75.6 Å². The van der Waals surface area contributed by atoms with Gasteiger partial charge < -0.3 is 14.5 Å². The van der Waals surface area contributed by atoms with Gasteiger partial charge in [0.1, 0.15) is 5.75 Å². The lowest BCUT2D eigenvalue weighted by atomic mass is 9.97. The normalized spacial score (nSPS) is 13.3. The molecule has 37 heavy (non-hydrogen) atoms. The first-order valence-electron chi connectivity index (χ1n) is 12.4. The quantitative estimate of drug-likeness (QED) is 0.347. The number of benzene rings is 3. The number of hydrogen-bond acceptors (Lipinski definition) is 6. The number of hydrogen-bond donors (Lipinski definition) is 0. The molecule has 0 spiro atoms. The lowest BCUT2D eigenvalue weighted by molar-refractivity contribution is 0.0742. The molecule has 0 N–H and O–H groups in total. The number of carbonyl (C=O) groups is 2. The molecule has 7 heteroatoms. The molecular formula is C30H28N4O3. The van der Waals surface area contributed by atoms with E-state index in [0.29, 0.717) is 49.5 Å². The van der Waals surface area contributed by atoms with Crippen LogP contribution in [-0.2, 0) is 0 Å². The van der Waals surface area contributed by atoms with Crippen LogP contribution in [0.25, 0.3) is 11.3 Å². The molecule has 4 aromatic rings. The van der Waals surface area contributed by atoms with Crippen molar-refractivity contribution in [2.45, 2.75) is 6.92 Å². The molecule has 0 unspecified atom stereocenters. The number of ether oxygens (including phenoxy) is 1. The van der Waals surface area contributed by atoms with Gasteiger partial charge >= 0.3 is 0 Å². The summed E-state index contributed by atoms with van der Waals surface area (Å²) in [7, 11) is 0. The van der Waals surface area contributed by atoms with Crippen LogP contribution in [0, 0.1) is 0 Å². The van der Waals surface area contributed by atoms with Crippen LogP contribution in [0.4, 0.5) is 5.82 Å². The van der Waals surface area contributed by atoms with E-state index in [1.54, 1.807) is 41.3 Å². The molecule has 186 valence electrons.